The Balaban J connectivity index is 1.92. The Kier molecular flexibility index (Phi) is 5.00. The summed E-state index contributed by atoms with van der Waals surface area (Å²) in [5.41, 5.74) is 1.15. The number of nitrogens with one attached hydrogen (secondary N) is 1. The highest BCUT2D eigenvalue weighted by atomic mass is 16.5. The largest absolute Gasteiger partial charge is 0.497 e. The van der Waals surface area contributed by atoms with Crippen LogP contribution >= 0.6 is 0 Å². The molecule has 0 bridgehead atoms. The number of methoxy groups -OCH3 is 2. The van der Waals surface area contributed by atoms with Crippen LogP contribution in [0.25, 0.3) is 0 Å². The first-order valence-electron chi connectivity index (χ1n) is 6.68. The molecule has 1 aromatic heterocycles. The van der Waals surface area contributed by atoms with Gasteiger partial charge in [0.15, 0.2) is 0 Å². The number of carbonyl (C=O) groups is 1. The normalized spacial score (nSPS) is 12.0. The Morgan fingerprint density at radius 3 is 2.52 bits per heavy atom. The van der Waals surface area contributed by atoms with Gasteiger partial charge < -0.3 is 19.2 Å². The minimum absolute atomic E-state index is 0.155. The van der Waals surface area contributed by atoms with Crippen molar-refractivity contribution in [3.05, 3.63) is 53.5 Å². The van der Waals surface area contributed by atoms with Crippen LogP contribution in [0, 0.1) is 0 Å². The van der Waals surface area contributed by atoms with E-state index in [9.17, 15) is 4.79 Å². The molecule has 5 heteroatoms. The van der Waals surface area contributed by atoms with Gasteiger partial charge in [-0.1, -0.05) is 12.1 Å². The average molecular weight is 289 g/mol. The van der Waals surface area contributed by atoms with Crippen molar-refractivity contribution >= 4 is 5.97 Å². The minimum Gasteiger partial charge on any atom is -0.497 e. The maximum atomic E-state index is 11.3. The highest BCUT2D eigenvalue weighted by Crippen LogP contribution is 2.18. The summed E-state index contributed by atoms with van der Waals surface area (Å²) < 4.78 is 15.1. The van der Waals surface area contributed by atoms with E-state index in [1.165, 1.54) is 7.11 Å². The van der Waals surface area contributed by atoms with Crippen LogP contribution in [0.1, 0.15) is 34.8 Å². The smallest absolute Gasteiger partial charge is 0.373 e. The van der Waals surface area contributed by atoms with Crippen molar-refractivity contribution in [2.75, 3.05) is 14.2 Å². The summed E-state index contributed by atoms with van der Waals surface area (Å²) in [5, 5.41) is 3.34. The van der Waals surface area contributed by atoms with Gasteiger partial charge in [0.25, 0.3) is 0 Å². The topological polar surface area (TPSA) is 60.7 Å². The Bertz CT molecular complexity index is 589. The molecule has 1 N–H and O–H groups in total. The highest BCUT2D eigenvalue weighted by molar-refractivity contribution is 5.86. The number of ether oxygens (including phenoxy) is 2. The zero-order chi connectivity index (χ0) is 15.2. The van der Waals surface area contributed by atoms with E-state index in [4.69, 9.17) is 9.15 Å². The van der Waals surface area contributed by atoms with Gasteiger partial charge >= 0.3 is 5.97 Å². The molecule has 0 aliphatic heterocycles. The van der Waals surface area contributed by atoms with E-state index >= 15 is 0 Å². The van der Waals surface area contributed by atoms with E-state index in [2.05, 4.69) is 17.0 Å². The van der Waals surface area contributed by atoms with Crippen LogP contribution in [0.4, 0.5) is 0 Å². The number of rotatable bonds is 6. The fourth-order valence-electron chi connectivity index (χ4n) is 1.95. The molecule has 1 atom stereocenters. The van der Waals surface area contributed by atoms with Crippen molar-refractivity contribution in [1.29, 1.82) is 0 Å². The molecule has 0 unspecified atom stereocenters. The third kappa shape index (κ3) is 3.86. The summed E-state index contributed by atoms with van der Waals surface area (Å²) in [6.45, 7) is 2.59. The number of hydrogen-bond acceptors (Lipinski definition) is 5. The number of furan rings is 1. The first-order valence-corrected chi connectivity index (χ1v) is 6.68. The van der Waals surface area contributed by atoms with E-state index in [-0.39, 0.29) is 11.8 Å². The Morgan fingerprint density at radius 1 is 1.19 bits per heavy atom. The van der Waals surface area contributed by atoms with E-state index in [1.54, 1.807) is 19.2 Å². The van der Waals surface area contributed by atoms with Gasteiger partial charge in [-0.25, -0.2) is 4.79 Å². The lowest BCUT2D eigenvalue weighted by Gasteiger charge is -2.13. The summed E-state index contributed by atoms with van der Waals surface area (Å²) in [6.07, 6.45) is 0. The van der Waals surface area contributed by atoms with Crippen LogP contribution in [0.3, 0.4) is 0 Å². The summed E-state index contributed by atoms with van der Waals surface area (Å²) in [7, 11) is 2.97. The number of carbonyl (C=O) groups excluding carboxylic acids is 1. The van der Waals surface area contributed by atoms with Crippen molar-refractivity contribution in [3.8, 4) is 5.75 Å². The molecule has 0 saturated heterocycles. The van der Waals surface area contributed by atoms with Gasteiger partial charge in [-0.15, -0.1) is 0 Å². The first kappa shape index (κ1) is 15.1. The predicted molar refractivity (Wildman–Crippen MR) is 78.3 cm³/mol. The fourth-order valence-corrected chi connectivity index (χ4v) is 1.95. The first-order chi connectivity index (χ1) is 10.1. The van der Waals surface area contributed by atoms with Crippen LogP contribution < -0.4 is 10.1 Å². The van der Waals surface area contributed by atoms with Crippen molar-refractivity contribution in [2.45, 2.75) is 19.5 Å². The number of hydrogen-bond donors (Lipinski definition) is 1. The lowest BCUT2D eigenvalue weighted by Crippen LogP contribution is -2.17. The van der Waals surface area contributed by atoms with Gasteiger partial charge in [-0.05, 0) is 36.8 Å². The van der Waals surface area contributed by atoms with Crippen LogP contribution in [0.15, 0.2) is 40.8 Å². The molecular formula is C16H19NO4. The molecule has 2 rings (SSSR count). The maximum absolute atomic E-state index is 11.3. The number of esters is 1. The molecular weight excluding hydrogens is 270 g/mol. The van der Waals surface area contributed by atoms with Gasteiger partial charge in [0.2, 0.25) is 5.76 Å². The summed E-state index contributed by atoms with van der Waals surface area (Å²) >= 11 is 0. The van der Waals surface area contributed by atoms with Gasteiger partial charge in [-0.2, -0.15) is 0 Å². The molecule has 5 nitrogen and oxygen atoms in total. The Morgan fingerprint density at radius 2 is 1.90 bits per heavy atom. The Hall–Kier alpha value is -2.27. The van der Waals surface area contributed by atoms with E-state index in [1.807, 2.05) is 24.3 Å². The zero-order valence-electron chi connectivity index (χ0n) is 12.4. The zero-order valence-corrected chi connectivity index (χ0v) is 12.4. The van der Waals surface area contributed by atoms with Crippen LogP contribution in [-0.4, -0.2) is 20.2 Å². The van der Waals surface area contributed by atoms with Gasteiger partial charge in [0.05, 0.1) is 20.8 Å². The van der Waals surface area contributed by atoms with Gasteiger partial charge in [0.1, 0.15) is 11.5 Å². The lowest BCUT2D eigenvalue weighted by atomic mass is 10.1. The minimum atomic E-state index is -0.468. The van der Waals surface area contributed by atoms with Crippen LogP contribution in [0.5, 0.6) is 5.75 Å². The quantitative estimate of drug-likeness (QED) is 0.828. The molecule has 0 aliphatic carbocycles. The fraction of sp³-hybridized carbons (Fsp3) is 0.312. The van der Waals surface area contributed by atoms with Gasteiger partial charge in [0, 0.05) is 6.04 Å². The molecule has 0 saturated carbocycles. The van der Waals surface area contributed by atoms with E-state index in [0.29, 0.717) is 12.3 Å². The molecule has 0 radical (unpaired) electrons. The molecule has 0 fully saturated rings. The Labute approximate surface area is 123 Å². The van der Waals surface area contributed by atoms with Crippen LogP contribution in [0.2, 0.25) is 0 Å². The predicted octanol–water partition coefficient (Wildman–Crippen LogP) is 2.93. The van der Waals surface area contributed by atoms with Crippen LogP contribution in [-0.2, 0) is 11.3 Å². The molecule has 0 spiro atoms. The molecule has 0 amide bonds. The lowest BCUT2D eigenvalue weighted by molar-refractivity contribution is 0.0563. The monoisotopic (exact) mass is 289 g/mol. The van der Waals surface area contributed by atoms with E-state index in [0.717, 1.165) is 11.3 Å². The summed E-state index contributed by atoms with van der Waals surface area (Å²) in [5.74, 6) is 1.27. The van der Waals surface area contributed by atoms with E-state index < -0.39 is 5.97 Å². The van der Waals surface area contributed by atoms with Crippen molar-refractivity contribution in [2.24, 2.45) is 0 Å². The highest BCUT2D eigenvalue weighted by Gasteiger charge is 2.12. The molecule has 0 aliphatic rings. The second-order valence-corrected chi connectivity index (χ2v) is 4.63. The van der Waals surface area contributed by atoms with Crippen molar-refractivity contribution in [1.82, 2.24) is 5.32 Å². The average Bonchev–Trinajstić information content (AvgIpc) is 3.01. The molecule has 1 aromatic carbocycles. The number of benzene rings is 1. The molecule has 2 aromatic rings. The summed E-state index contributed by atoms with van der Waals surface area (Å²) in [6, 6.07) is 11.4. The SMILES string of the molecule is COC(=O)c1ccc(CN[C@@H](C)c2ccc(OC)cc2)o1. The van der Waals surface area contributed by atoms with Crippen molar-refractivity contribution < 1.29 is 18.7 Å². The second-order valence-electron chi connectivity index (χ2n) is 4.63. The van der Waals surface area contributed by atoms with Crippen molar-refractivity contribution in [3.63, 3.8) is 0 Å². The summed E-state index contributed by atoms with van der Waals surface area (Å²) in [4.78, 5) is 11.3. The molecule has 112 valence electrons. The molecule has 1 heterocycles. The maximum Gasteiger partial charge on any atom is 0.373 e. The third-order valence-corrected chi connectivity index (χ3v) is 3.25. The second kappa shape index (κ2) is 6.95. The van der Waals surface area contributed by atoms with Gasteiger partial charge in [-0.3, -0.25) is 0 Å². The third-order valence-electron chi connectivity index (χ3n) is 3.25. The molecule has 21 heavy (non-hydrogen) atoms. The standard InChI is InChI=1S/C16H19NO4/c1-11(12-4-6-13(19-2)7-5-12)17-10-14-8-9-15(21-14)16(18)20-3/h4-9,11,17H,10H2,1-3H3/t11-/m0/s1.